The van der Waals surface area contributed by atoms with Crippen molar-refractivity contribution in [3.05, 3.63) is 34.9 Å². The van der Waals surface area contributed by atoms with Crippen LogP contribution in [0, 0.1) is 0 Å². The van der Waals surface area contributed by atoms with Gasteiger partial charge in [-0.1, -0.05) is 30.7 Å². The van der Waals surface area contributed by atoms with Gasteiger partial charge in [-0.05, 0) is 30.7 Å². The Kier molecular flexibility index (Phi) is 4.62. The highest BCUT2D eigenvalue weighted by molar-refractivity contribution is 6.30. The van der Waals surface area contributed by atoms with Crippen molar-refractivity contribution >= 4 is 11.6 Å². The molecule has 0 bridgehead atoms. The molecule has 1 atom stereocenters. The molecule has 0 aliphatic carbocycles. The predicted octanol–water partition coefficient (Wildman–Crippen LogP) is 3.42. The highest BCUT2D eigenvalue weighted by Crippen LogP contribution is 2.24. The van der Waals surface area contributed by atoms with Gasteiger partial charge in [-0.25, -0.2) is 0 Å². The van der Waals surface area contributed by atoms with E-state index in [1.807, 2.05) is 0 Å². The monoisotopic (exact) mass is 251 g/mol. The minimum absolute atomic E-state index is 0.0993. The molecule has 90 valence electrons. The standard InChI is InChI=1S/C11H13ClF3N/c1-2-16-10(11(13,14)15)7-8-4-3-5-9(12)6-8/h3-6,10,16H,2,7H2,1H3. The second-order valence-electron chi connectivity index (χ2n) is 3.49. The predicted molar refractivity (Wildman–Crippen MR) is 58.7 cm³/mol. The van der Waals surface area contributed by atoms with Crippen LogP contribution in [0.2, 0.25) is 5.02 Å². The molecule has 0 aromatic heterocycles. The number of nitrogens with one attached hydrogen (secondary N) is 1. The summed E-state index contributed by atoms with van der Waals surface area (Å²) in [5.41, 5.74) is 0.579. The number of hydrogen-bond acceptors (Lipinski definition) is 1. The molecule has 1 unspecified atom stereocenters. The van der Waals surface area contributed by atoms with E-state index in [0.29, 0.717) is 10.6 Å². The third kappa shape index (κ3) is 4.02. The summed E-state index contributed by atoms with van der Waals surface area (Å²) < 4.78 is 37.8. The van der Waals surface area contributed by atoms with E-state index in [9.17, 15) is 13.2 Å². The molecule has 0 amide bonds. The molecule has 16 heavy (non-hydrogen) atoms. The molecule has 1 nitrogen and oxygen atoms in total. The maximum atomic E-state index is 12.6. The first-order valence-corrected chi connectivity index (χ1v) is 5.36. The Hall–Kier alpha value is -0.740. The quantitative estimate of drug-likeness (QED) is 0.865. The Morgan fingerprint density at radius 3 is 2.56 bits per heavy atom. The van der Waals surface area contributed by atoms with Crippen LogP contribution in [0.15, 0.2) is 24.3 Å². The first kappa shape index (κ1) is 13.3. The first-order chi connectivity index (χ1) is 7.43. The average molecular weight is 252 g/mol. The van der Waals surface area contributed by atoms with Gasteiger partial charge in [0, 0.05) is 5.02 Å². The summed E-state index contributed by atoms with van der Waals surface area (Å²) in [6, 6.07) is 4.97. The van der Waals surface area contributed by atoms with E-state index in [0.717, 1.165) is 0 Å². The molecule has 5 heteroatoms. The molecule has 0 aliphatic heterocycles. The summed E-state index contributed by atoms with van der Waals surface area (Å²) in [5.74, 6) is 0. The van der Waals surface area contributed by atoms with E-state index < -0.39 is 12.2 Å². The van der Waals surface area contributed by atoms with E-state index in [2.05, 4.69) is 5.32 Å². The van der Waals surface area contributed by atoms with Crippen molar-refractivity contribution in [2.75, 3.05) is 6.54 Å². The van der Waals surface area contributed by atoms with E-state index in [1.54, 1.807) is 31.2 Å². The molecule has 0 aliphatic rings. The van der Waals surface area contributed by atoms with Crippen molar-refractivity contribution in [3.8, 4) is 0 Å². The normalized spacial score (nSPS) is 13.8. The lowest BCUT2D eigenvalue weighted by Gasteiger charge is -2.21. The van der Waals surface area contributed by atoms with Gasteiger partial charge in [0.05, 0.1) is 0 Å². The van der Waals surface area contributed by atoms with Gasteiger partial charge >= 0.3 is 6.18 Å². The summed E-state index contributed by atoms with van der Waals surface area (Å²) in [7, 11) is 0. The lowest BCUT2D eigenvalue weighted by Crippen LogP contribution is -2.43. The van der Waals surface area contributed by atoms with Gasteiger partial charge in [-0.15, -0.1) is 0 Å². The van der Waals surface area contributed by atoms with Crippen LogP contribution in [0.4, 0.5) is 13.2 Å². The molecule has 0 spiro atoms. The summed E-state index contributed by atoms with van der Waals surface area (Å²) in [4.78, 5) is 0. The Morgan fingerprint density at radius 1 is 1.38 bits per heavy atom. The van der Waals surface area contributed by atoms with Gasteiger partial charge < -0.3 is 5.32 Å². The van der Waals surface area contributed by atoms with Crippen LogP contribution in [0.3, 0.4) is 0 Å². The number of rotatable bonds is 4. The topological polar surface area (TPSA) is 12.0 Å². The molecule has 1 N–H and O–H groups in total. The van der Waals surface area contributed by atoms with Crippen LogP contribution in [0.25, 0.3) is 0 Å². The maximum Gasteiger partial charge on any atom is 0.404 e. The second-order valence-corrected chi connectivity index (χ2v) is 3.92. The lowest BCUT2D eigenvalue weighted by molar-refractivity contribution is -0.155. The largest absolute Gasteiger partial charge is 0.404 e. The number of alkyl halides is 3. The van der Waals surface area contributed by atoms with Gasteiger partial charge in [-0.2, -0.15) is 13.2 Å². The summed E-state index contributed by atoms with van der Waals surface area (Å²) in [6.07, 6.45) is -4.34. The SMILES string of the molecule is CCNC(Cc1cccc(Cl)c1)C(F)(F)F. The van der Waals surface area contributed by atoms with E-state index >= 15 is 0 Å². The van der Waals surface area contributed by atoms with Crippen LogP contribution in [-0.2, 0) is 6.42 Å². The minimum Gasteiger partial charge on any atom is -0.306 e. The van der Waals surface area contributed by atoms with Gasteiger partial charge in [0.25, 0.3) is 0 Å². The summed E-state index contributed by atoms with van der Waals surface area (Å²) in [6.45, 7) is 1.93. The fraction of sp³-hybridized carbons (Fsp3) is 0.455. The van der Waals surface area contributed by atoms with E-state index in [4.69, 9.17) is 11.6 Å². The third-order valence-electron chi connectivity index (χ3n) is 2.17. The minimum atomic E-state index is -4.24. The molecular formula is C11H13ClF3N. The van der Waals surface area contributed by atoms with Gasteiger partial charge in [-0.3, -0.25) is 0 Å². The summed E-state index contributed by atoms with van der Waals surface area (Å²) >= 11 is 5.72. The molecule has 1 aromatic rings. The lowest BCUT2D eigenvalue weighted by atomic mass is 10.1. The van der Waals surface area contributed by atoms with E-state index in [-0.39, 0.29) is 13.0 Å². The molecule has 1 aromatic carbocycles. The van der Waals surface area contributed by atoms with Gasteiger partial charge in [0.15, 0.2) is 0 Å². The fourth-order valence-electron chi connectivity index (χ4n) is 1.45. The van der Waals surface area contributed by atoms with Crippen molar-refractivity contribution in [1.29, 1.82) is 0 Å². The number of halogens is 4. The smallest absolute Gasteiger partial charge is 0.306 e. The first-order valence-electron chi connectivity index (χ1n) is 4.98. The van der Waals surface area contributed by atoms with Crippen LogP contribution in [0.1, 0.15) is 12.5 Å². The van der Waals surface area contributed by atoms with Crippen LogP contribution in [-0.4, -0.2) is 18.8 Å². The number of benzene rings is 1. The Labute approximate surface area is 97.6 Å². The Bertz CT molecular complexity index is 338. The van der Waals surface area contributed by atoms with Crippen molar-refractivity contribution < 1.29 is 13.2 Å². The van der Waals surface area contributed by atoms with Crippen LogP contribution < -0.4 is 5.32 Å². The van der Waals surface area contributed by atoms with Crippen molar-refractivity contribution in [3.63, 3.8) is 0 Å². The average Bonchev–Trinajstić information content (AvgIpc) is 2.16. The van der Waals surface area contributed by atoms with Gasteiger partial charge in [0.2, 0.25) is 0 Å². The van der Waals surface area contributed by atoms with Crippen LogP contribution in [0.5, 0.6) is 0 Å². The van der Waals surface area contributed by atoms with E-state index in [1.165, 1.54) is 0 Å². The zero-order valence-electron chi connectivity index (χ0n) is 8.81. The van der Waals surface area contributed by atoms with Crippen molar-refractivity contribution in [2.24, 2.45) is 0 Å². The molecule has 0 heterocycles. The maximum absolute atomic E-state index is 12.6. The molecular weight excluding hydrogens is 239 g/mol. The zero-order chi connectivity index (χ0) is 12.2. The van der Waals surface area contributed by atoms with Crippen LogP contribution >= 0.6 is 11.6 Å². The highest BCUT2D eigenvalue weighted by Gasteiger charge is 2.38. The molecule has 0 radical (unpaired) electrons. The zero-order valence-corrected chi connectivity index (χ0v) is 9.57. The second kappa shape index (κ2) is 5.55. The highest BCUT2D eigenvalue weighted by atomic mass is 35.5. The van der Waals surface area contributed by atoms with Crippen molar-refractivity contribution in [2.45, 2.75) is 25.6 Å². The third-order valence-corrected chi connectivity index (χ3v) is 2.41. The van der Waals surface area contributed by atoms with Gasteiger partial charge in [0.1, 0.15) is 6.04 Å². The molecule has 0 saturated carbocycles. The molecule has 1 rings (SSSR count). The fourth-order valence-corrected chi connectivity index (χ4v) is 1.66. The molecule has 0 fully saturated rings. The summed E-state index contributed by atoms with van der Waals surface area (Å²) in [5, 5.41) is 2.88. The number of likely N-dealkylation sites (N-methyl/N-ethyl adjacent to an activating group) is 1. The Balaban J connectivity index is 2.76. The molecule has 0 saturated heterocycles. The van der Waals surface area contributed by atoms with Crippen molar-refractivity contribution in [1.82, 2.24) is 5.32 Å². The Morgan fingerprint density at radius 2 is 2.06 bits per heavy atom. The number of hydrogen-bond donors (Lipinski definition) is 1.